The zero-order valence-electron chi connectivity index (χ0n) is 17.0. The van der Waals surface area contributed by atoms with Crippen LogP contribution in [0.15, 0.2) is 33.5 Å². The summed E-state index contributed by atoms with van der Waals surface area (Å²) in [7, 11) is 2.98. The summed E-state index contributed by atoms with van der Waals surface area (Å²) in [6, 6.07) is 6.77. The Bertz CT molecular complexity index is 1190. The summed E-state index contributed by atoms with van der Waals surface area (Å²) < 4.78 is 28.7. The van der Waals surface area contributed by atoms with Crippen molar-refractivity contribution in [3.05, 3.63) is 40.1 Å². The molecule has 2 heterocycles. The number of rotatable bonds is 3. The minimum Gasteiger partial charge on any atom is -0.495 e. The predicted octanol–water partition coefficient (Wildman–Crippen LogP) is 4.13. The number of hydrogen-bond donors (Lipinski definition) is 0. The third-order valence-electron chi connectivity index (χ3n) is 5.03. The van der Waals surface area contributed by atoms with Gasteiger partial charge in [-0.1, -0.05) is 6.07 Å². The van der Waals surface area contributed by atoms with Gasteiger partial charge in [0.15, 0.2) is 11.3 Å². The van der Waals surface area contributed by atoms with Gasteiger partial charge in [-0.05, 0) is 26.0 Å². The Kier molecular flexibility index (Phi) is 4.41. The first-order valence-electron chi connectivity index (χ1n) is 9.26. The van der Waals surface area contributed by atoms with Crippen molar-refractivity contribution in [3.63, 3.8) is 0 Å². The molecule has 4 rings (SSSR count). The van der Waals surface area contributed by atoms with E-state index < -0.39 is 17.7 Å². The van der Waals surface area contributed by atoms with E-state index in [0.29, 0.717) is 40.0 Å². The highest BCUT2D eigenvalue weighted by molar-refractivity contribution is 5.97. The first-order valence-corrected chi connectivity index (χ1v) is 9.26. The third-order valence-corrected chi connectivity index (χ3v) is 5.03. The van der Waals surface area contributed by atoms with Crippen LogP contribution >= 0.6 is 0 Å². The Morgan fingerprint density at radius 1 is 1.21 bits per heavy atom. The van der Waals surface area contributed by atoms with E-state index in [1.54, 1.807) is 24.3 Å². The molecule has 1 aliphatic rings. The van der Waals surface area contributed by atoms with E-state index in [4.69, 9.17) is 23.4 Å². The third kappa shape index (κ3) is 3.06. The Morgan fingerprint density at radius 2 is 1.97 bits per heavy atom. The highest BCUT2D eigenvalue weighted by atomic mass is 16.6. The fraction of sp³-hybridized carbons (Fsp3) is 0.364. The lowest BCUT2D eigenvalue weighted by atomic mass is 9.89. The Hall–Kier alpha value is -3.22. The SMILES string of the molecule is COc1cccc2c(=O)c3c(OC)c4c(cc3oc12)OC(C)(C)C[C@@H]4OC(C)=O. The van der Waals surface area contributed by atoms with Crippen molar-refractivity contribution >= 4 is 27.9 Å². The van der Waals surface area contributed by atoms with Gasteiger partial charge >= 0.3 is 5.97 Å². The van der Waals surface area contributed by atoms with Crippen molar-refractivity contribution in [1.82, 2.24) is 0 Å². The smallest absolute Gasteiger partial charge is 0.303 e. The topological polar surface area (TPSA) is 84.2 Å². The molecule has 1 aliphatic heterocycles. The van der Waals surface area contributed by atoms with Crippen LogP contribution in [-0.2, 0) is 9.53 Å². The Labute approximate surface area is 167 Å². The average Bonchev–Trinajstić information content (AvgIpc) is 2.64. The van der Waals surface area contributed by atoms with Gasteiger partial charge in [-0.25, -0.2) is 0 Å². The molecule has 0 radical (unpaired) electrons. The molecule has 7 heteroatoms. The fourth-order valence-electron chi connectivity index (χ4n) is 3.92. The van der Waals surface area contributed by atoms with E-state index >= 15 is 0 Å². The van der Waals surface area contributed by atoms with E-state index in [9.17, 15) is 9.59 Å². The Morgan fingerprint density at radius 3 is 2.62 bits per heavy atom. The van der Waals surface area contributed by atoms with Gasteiger partial charge in [-0.3, -0.25) is 9.59 Å². The van der Waals surface area contributed by atoms with Crippen LogP contribution < -0.4 is 19.6 Å². The predicted molar refractivity (Wildman–Crippen MR) is 107 cm³/mol. The molecule has 0 saturated carbocycles. The van der Waals surface area contributed by atoms with E-state index in [2.05, 4.69) is 0 Å². The number of ether oxygens (including phenoxy) is 4. The van der Waals surface area contributed by atoms with Crippen molar-refractivity contribution in [2.24, 2.45) is 0 Å². The zero-order chi connectivity index (χ0) is 20.9. The molecule has 2 aromatic carbocycles. The number of esters is 1. The second kappa shape index (κ2) is 6.69. The number of carbonyl (C=O) groups excluding carboxylic acids is 1. The average molecular weight is 398 g/mol. The Balaban J connectivity index is 2.11. The summed E-state index contributed by atoms with van der Waals surface area (Å²) >= 11 is 0. The number of benzene rings is 2. The summed E-state index contributed by atoms with van der Waals surface area (Å²) in [6.45, 7) is 5.16. The summed E-state index contributed by atoms with van der Waals surface area (Å²) in [5.74, 6) is 0.778. The maximum atomic E-state index is 13.3. The maximum absolute atomic E-state index is 13.3. The fourth-order valence-corrected chi connectivity index (χ4v) is 3.92. The quantitative estimate of drug-likeness (QED) is 0.484. The largest absolute Gasteiger partial charge is 0.495 e. The van der Waals surface area contributed by atoms with Gasteiger partial charge < -0.3 is 23.4 Å². The van der Waals surface area contributed by atoms with Gasteiger partial charge in [0, 0.05) is 19.4 Å². The monoisotopic (exact) mass is 398 g/mol. The minimum atomic E-state index is -0.606. The lowest BCUT2D eigenvalue weighted by Gasteiger charge is -2.37. The van der Waals surface area contributed by atoms with Crippen LogP contribution in [0.25, 0.3) is 21.9 Å². The molecule has 0 bridgehead atoms. The molecular formula is C22H22O7. The molecule has 0 N–H and O–H groups in total. The van der Waals surface area contributed by atoms with E-state index in [1.807, 2.05) is 13.8 Å². The standard InChI is InChI=1S/C22H22O7/c1-11(23)27-16-10-22(2,3)29-15-9-14-18(21(26-5)17(15)16)19(24)12-7-6-8-13(25-4)20(12)28-14/h6-9,16H,10H2,1-5H3/t16-/m0/s1. The number of para-hydroxylation sites is 1. The minimum absolute atomic E-state index is 0.258. The summed E-state index contributed by atoms with van der Waals surface area (Å²) in [4.78, 5) is 25.0. The van der Waals surface area contributed by atoms with Crippen molar-refractivity contribution in [2.75, 3.05) is 14.2 Å². The lowest BCUT2D eigenvalue weighted by Crippen LogP contribution is -2.36. The lowest BCUT2D eigenvalue weighted by molar-refractivity contribution is -0.150. The van der Waals surface area contributed by atoms with Crippen molar-refractivity contribution < 1.29 is 28.2 Å². The number of methoxy groups -OCH3 is 2. The summed E-state index contributed by atoms with van der Waals surface area (Å²) in [5, 5.41) is 0.642. The zero-order valence-corrected chi connectivity index (χ0v) is 17.0. The van der Waals surface area contributed by atoms with E-state index in [0.717, 1.165) is 0 Å². The number of hydrogen-bond acceptors (Lipinski definition) is 7. The second-order valence-electron chi connectivity index (χ2n) is 7.63. The van der Waals surface area contributed by atoms with Crippen LogP contribution in [0.2, 0.25) is 0 Å². The number of carbonyl (C=O) groups is 1. The molecule has 29 heavy (non-hydrogen) atoms. The van der Waals surface area contributed by atoms with Crippen LogP contribution in [0.5, 0.6) is 17.2 Å². The van der Waals surface area contributed by atoms with Crippen LogP contribution in [0.4, 0.5) is 0 Å². The molecular weight excluding hydrogens is 376 g/mol. The molecule has 152 valence electrons. The van der Waals surface area contributed by atoms with Crippen molar-refractivity contribution in [2.45, 2.75) is 38.9 Å². The maximum Gasteiger partial charge on any atom is 0.303 e. The number of fused-ring (bicyclic) bond motifs is 3. The van der Waals surface area contributed by atoms with Gasteiger partial charge in [0.25, 0.3) is 0 Å². The van der Waals surface area contributed by atoms with Crippen LogP contribution in [0.1, 0.15) is 38.9 Å². The van der Waals surface area contributed by atoms with Gasteiger partial charge in [-0.15, -0.1) is 0 Å². The molecule has 1 aromatic heterocycles. The molecule has 7 nitrogen and oxygen atoms in total. The highest BCUT2D eigenvalue weighted by Crippen LogP contribution is 2.49. The molecule has 0 aliphatic carbocycles. The molecule has 3 aromatic rings. The summed E-state index contributed by atoms with van der Waals surface area (Å²) in [5.41, 5.74) is 0.346. The van der Waals surface area contributed by atoms with Gasteiger partial charge in [0.1, 0.15) is 34.2 Å². The molecule has 0 fully saturated rings. The van der Waals surface area contributed by atoms with Crippen LogP contribution in [0, 0.1) is 0 Å². The first kappa shape index (κ1) is 19.1. The van der Waals surface area contributed by atoms with E-state index in [-0.39, 0.29) is 16.6 Å². The molecule has 1 atom stereocenters. The van der Waals surface area contributed by atoms with Crippen LogP contribution in [0.3, 0.4) is 0 Å². The second-order valence-corrected chi connectivity index (χ2v) is 7.63. The van der Waals surface area contributed by atoms with Gasteiger partial charge in [-0.2, -0.15) is 0 Å². The first-order chi connectivity index (χ1) is 13.8. The van der Waals surface area contributed by atoms with Crippen molar-refractivity contribution in [1.29, 1.82) is 0 Å². The van der Waals surface area contributed by atoms with Gasteiger partial charge in [0.05, 0.1) is 25.2 Å². The highest BCUT2D eigenvalue weighted by Gasteiger charge is 2.39. The van der Waals surface area contributed by atoms with Crippen molar-refractivity contribution in [3.8, 4) is 17.2 Å². The molecule has 0 saturated heterocycles. The van der Waals surface area contributed by atoms with E-state index in [1.165, 1.54) is 21.1 Å². The van der Waals surface area contributed by atoms with Gasteiger partial charge in [0.2, 0.25) is 5.43 Å². The normalized spacial score (nSPS) is 17.5. The molecule has 0 unspecified atom stereocenters. The molecule has 0 amide bonds. The van der Waals surface area contributed by atoms with Crippen LogP contribution in [-0.4, -0.2) is 25.8 Å². The molecule has 0 spiro atoms. The summed E-state index contributed by atoms with van der Waals surface area (Å²) in [6.07, 6.45) is -0.181.